The van der Waals surface area contributed by atoms with E-state index in [1.54, 1.807) is 0 Å². The number of hydrogen-bond acceptors (Lipinski definition) is 2. The zero-order valence-corrected chi connectivity index (χ0v) is 15.6. The van der Waals surface area contributed by atoms with Crippen molar-refractivity contribution < 1.29 is 4.79 Å². The van der Waals surface area contributed by atoms with Crippen molar-refractivity contribution in [3.05, 3.63) is 35.9 Å². The highest BCUT2D eigenvalue weighted by atomic mass is 35.5. The van der Waals surface area contributed by atoms with Crippen LogP contribution in [0, 0.1) is 17.8 Å². The van der Waals surface area contributed by atoms with E-state index in [4.69, 9.17) is 0 Å². The molecular weight excluding hydrogens is 320 g/mol. The number of rotatable bonds is 5. The van der Waals surface area contributed by atoms with E-state index in [0.29, 0.717) is 23.7 Å². The molecule has 0 saturated carbocycles. The first kappa shape index (κ1) is 19.3. The molecule has 0 bridgehead atoms. The van der Waals surface area contributed by atoms with Gasteiger partial charge < -0.3 is 10.2 Å². The molecule has 1 aromatic carbocycles. The van der Waals surface area contributed by atoms with E-state index in [2.05, 4.69) is 47.5 Å². The Morgan fingerprint density at radius 1 is 1.29 bits per heavy atom. The Morgan fingerprint density at radius 3 is 2.79 bits per heavy atom. The van der Waals surface area contributed by atoms with Gasteiger partial charge in [-0.2, -0.15) is 0 Å². The first-order valence-electron chi connectivity index (χ1n) is 9.25. The van der Waals surface area contributed by atoms with Crippen molar-refractivity contribution >= 4 is 18.3 Å². The second-order valence-electron chi connectivity index (χ2n) is 7.47. The first-order valence-corrected chi connectivity index (χ1v) is 9.25. The lowest BCUT2D eigenvalue weighted by Gasteiger charge is -2.29. The summed E-state index contributed by atoms with van der Waals surface area (Å²) in [6, 6.07) is 10.7. The number of halogens is 1. The number of amides is 1. The third-order valence-electron chi connectivity index (χ3n) is 5.64. The number of benzene rings is 1. The summed E-state index contributed by atoms with van der Waals surface area (Å²) >= 11 is 0. The smallest absolute Gasteiger partial charge is 0.222 e. The monoisotopic (exact) mass is 350 g/mol. The highest BCUT2D eigenvalue weighted by molar-refractivity contribution is 5.85. The lowest BCUT2D eigenvalue weighted by molar-refractivity contribution is -0.131. The molecule has 0 aliphatic carbocycles. The lowest BCUT2D eigenvalue weighted by Crippen LogP contribution is -2.36. The number of carbonyl (C=O) groups excluding carboxylic acids is 1. The SMILES string of the molecule is CC(CC(=O)N1CCC(Cc2ccccc2)C1)C1CCCNC1.Cl. The molecule has 2 heterocycles. The van der Waals surface area contributed by atoms with Crippen LogP contribution >= 0.6 is 12.4 Å². The number of hydrogen-bond donors (Lipinski definition) is 1. The third-order valence-corrected chi connectivity index (χ3v) is 5.64. The molecule has 134 valence electrons. The fraction of sp³-hybridized carbons (Fsp3) is 0.650. The van der Waals surface area contributed by atoms with Crippen molar-refractivity contribution in [2.24, 2.45) is 17.8 Å². The summed E-state index contributed by atoms with van der Waals surface area (Å²) in [4.78, 5) is 14.7. The Labute approximate surface area is 152 Å². The molecule has 2 saturated heterocycles. The van der Waals surface area contributed by atoms with Gasteiger partial charge in [0, 0.05) is 19.5 Å². The fourth-order valence-corrected chi connectivity index (χ4v) is 4.11. The van der Waals surface area contributed by atoms with Crippen LogP contribution < -0.4 is 5.32 Å². The van der Waals surface area contributed by atoms with Crippen LogP contribution in [0.25, 0.3) is 0 Å². The number of nitrogens with one attached hydrogen (secondary N) is 1. The molecule has 3 rings (SSSR count). The van der Waals surface area contributed by atoms with Crippen LogP contribution in [0.3, 0.4) is 0 Å². The van der Waals surface area contributed by atoms with Gasteiger partial charge in [-0.25, -0.2) is 0 Å². The van der Waals surface area contributed by atoms with E-state index in [1.807, 2.05) is 0 Å². The van der Waals surface area contributed by atoms with Crippen molar-refractivity contribution in [3.8, 4) is 0 Å². The van der Waals surface area contributed by atoms with Crippen LogP contribution in [-0.4, -0.2) is 37.0 Å². The van der Waals surface area contributed by atoms with E-state index in [-0.39, 0.29) is 12.4 Å². The average molecular weight is 351 g/mol. The van der Waals surface area contributed by atoms with Gasteiger partial charge in [0.2, 0.25) is 5.91 Å². The van der Waals surface area contributed by atoms with Crippen molar-refractivity contribution in [2.45, 2.75) is 39.0 Å². The predicted octanol–water partition coefficient (Wildman–Crippen LogP) is 3.53. The zero-order valence-electron chi connectivity index (χ0n) is 14.7. The van der Waals surface area contributed by atoms with Crippen LogP contribution in [0.4, 0.5) is 0 Å². The highest BCUT2D eigenvalue weighted by Crippen LogP contribution is 2.26. The summed E-state index contributed by atoms with van der Waals surface area (Å²) in [7, 11) is 0. The van der Waals surface area contributed by atoms with Crippen molar-refractivity contribution in [3.63, 3.8) is 0 Å². The molecule has 2 fully saturated rings. The summed E-state index contributed by atoms with van der Waals surface area (Å²) in [6.07, 6.45) is 5.52. The molecular formula is C20H31ClN2O. The van der Waals surface area contributed by atoms with Gasteiger partial charge in [-0.1, -0.05) is 37.3 Å². The molecule has 4 heteroatoms. The Balaban J connectivity index is 0.00000208. The van der Waals surface area contributed by atoms with Gasteiger partial charge in [0.05, 0.1) is 0 Å². The van der Waals surface area contributed by atoms with Gasteiger partial charge in [-0.05, 0) is 62.1 Å². The maximum Gasteiger partial charge on any atom is 0.222 e. The van der Waals surface area contributed by atoms with Crippen molar-refractivity contribution in [1.82, 2.24) is 10.2 Å². The lowest BCUT2D eigenvalue weighted by atomic mass is 9.85. The molecule has 0 spiro atoms. The summed E-state index contributed by atoms with van der Waals surface area (Å²) in [5.74, 6) is 2.19. The van der Waals surface area contributed by atoms with Crippen LogP contribution in [0.5, 0.6) is 0 Å². The third kappa shape index (κ3) is 5.22. The number of likely N-dealkylation sites (tertiary alicyclic amines) is 1. The van der Waals surface area contributed by atoms with Crippen LogP contribution in [0.2, 0.25) is 0 Å². The Hall–Kier alpha value is -1.06. The molecule has 3 unspecified atom stereocenters. The number of carbonyl (C=O) groups is 1. The molecule has 24 heavy (non-hydrogen) atoms. The molecule has 2 aliphatic rings. The zero-order chi connectivity index (χ0) is 16.1. The average Bonchev–Trinajstić information content (AvgIpc) is 3.05. The second kappa shape index (κ2) is 9.43. The molecule has 0 aromatic heterocycles. The minimum atomic E-state index is 0. The standard InChI is InChI=1S/C20H30N2O.ClH/c1-16(19-8-5-10-21-14-19)12-20(23)22-11-9-18(15-22)13-17-6-3-2-4-7-17;/h2-4,6-7,16,18-19,21H,5,8-15H2,1H3;1H. The summed E-state index contributed by atoms with van der Waals surface area (Å²) in [5, 5.41) is 3.47. The Bertz CT molecular complexity index is 502. The van der Waals surface area contributed by atoms with Gasteiger partial charge >= 0.3 is 0 Å². The minimum absolute atomic E-state index is 0. The van der Waals surface area contributed by atoms with Crippen LogP contribution in [-0.2, 0) is 11.2 Å². The summed E-state index contributed by atoms with van der Waals surface area (Å²) < 4.78 is 0. The quantitative estimate of drug-likeness (QED) is 0.881. The van der Waals surface area contributed by atoms with E-state index in [1.165, 1.54) is 18.4 Å². The number of nitrogens with zero attached hydrogens (tertiary/aromatic N) is 1. The van der Waals surface area contributed by atoms with E-state index < -0.39 is 0 Å². The van der Waals surface area contributed by atoms with Gasteiger partial charge in [0.15, 0.2) is 0 Å². The van der Waals surface area contributed by atoms with Gasteiger partial charge in [0.1, 0.15) is 0 Å². The highest BCUT2D eigenvalue weighted by Gasteiger charge is 2.29. The topological polar surface area (TPSA) is 32.3 Å². The summed E-state index contributed by atoms with van der Waals surface area (Å²) in [5.41, 5.74) is 1.40. The summed E-state index contributed by atoms with van der Waals surface area (Å²) in [6.45, 7) is 6.39. The molecule has 3 nitrogen and oxygen atoms in total. The van der Waals surface area contributed by atoms with E-state index >= 15 is 0 Å². The fourth-order valence-electron chi connectivity index (χ4n) is 4.11. The van der Waals surface area contributed by atoms with E-state index in [9.17, 15) is 4.79 Å². The van der Waals surface area contributed by atoms with Crippen molar-refractivity contribution in [2.75, 3.05) is 26.2 Å². The largest absolute Gasteiger partial charge is 0.342 e. The van der Waals surface area contributed by atoms with Crippen molar-refractivity contribution in [1.29, 1.82) is 0 Å². The van der Waals surface area contributed by atoms with Gasteiger partial charge in [0.25, 0.3) is 0 Å². The minimum Gasteiger partial charge on any atom is -0.342 e. The Kier molecular flexibility index (Phi) is 7.57. The van der Waals surface area contributed by atoms with Crippen LogP contribution in [0.15, 0.2) is 30.3 Å². The van der Waals surface area contributed by atoms with Gasteiger partial charge in [-0.15, -0.1) is 12.4 Å². The molecule has 1 aromatic rings. The maximum absolute atomic E-state index is 12.6. The van der Waals surface area contributed by atoms with E-state index in [0.717, 1.165) is 45.4 Å². The second-order valence-corrected chi connectivity index (χ2v) is 7.47. The first-order chi connectivity index (χ1) is 11.2. The predicted molar refractivity (Wildman–Crippen MR) is 101 cm³/mol. The Morgan fingerprint density at radius 2 is 2.08 bits per heavy atom. The maximum atomic E-state index is 12.6. The van der Waals surface area contributed by atoms with Crippen LogP contribution in [0.1, 0.15) is 38.2 Å². The normalized spacial score (nSPS) is 25.1. The molecule has 1 N–H and O–H groups in total. The molecule has 3 atom stereocenters. The molecule has 2 aliphatic heterocycles. The molecule has 0 radical (unpaired) electrons. The van der Waals surface area contributed by atoms with Gasteiger partial charge in [-0.3, -0.25) is 4.79 Å². The number of piperidine rings is 1. The molecule has 1 amide bonds.